The lowest BCUT2D eigenvalue weighted by Gasteiger charge is -2.06. The van der Waals surface area contributed by atoms with Crippen LogP contribution in [0, 0.1) is 0 Å². The van der Waals surface area contributed by atoms with Gasteiger partial charge in [0.25, 0.3) is 0 Å². The molecule has 0 bridgehead atoms. The Labute approximate surface area is 90.4 Å². The Bertz CT molecular complexity index is 410. The van der Waals surface area contributed by atoms with E-state index in [0.717, 1.165) is 17.9 Å². The van der Waals surface area contributed by atoms with Gasteiger partial charge in [-0.15, -0.1) is 0 Å². The van der Waals surface area contributed by atoms with Crippen molar-refractivity contribution in [3.8, 4) is 5.75 Å². The van der Waals surface area contributed by atoms with Crippen LogP contribution in [0.25, 0.3) is 0 Å². The largest absolute Gasteiger partial charge is 0.461 e. The maximum Gasteiger partial charge on any atom is 0.126 e. The minimum Gasteiger partial charge on any atom is -0.461 e. The molecular weight excluding hydrogens is 184 g/mol. The van der Waals surface area contributed by atoms with Gasteiger partial charge in [0, 0.05) is 6.42 Å². The molecule has 0 saturated heterocycles. The molecule has 0 amide bonds. The highest BCUT2D eigenvalue weighted by Crippen LogP contribution is 2.17. The second-order valence-corrected chi connectivity index (χ2v) is 3.57. The molecule has 0 aliphatic heterocycles. The maximum atomic E-state index is 5.75. The molecule has 0 heterocycles. The van der Waals surface area contributed by atoms with Gasteiger partial charge in [-0.05, 0) is 25.1 Å². The molecule has 0 N–H and O–H groups in total. The molecule has 1 heteroatoms. The highest BCUT2D eigenvalue weighted by Gasteiger charge is 1.99. The van der Waals surface area contributed by atoms with Crippen molar-refractivity contribution < 1.29 is 4.74 Å². The van der Waals surface area contributed by atoms with Crippen LogP contribution in [0.5, 0.6) is 5.75 Å². The van der Waals surface area contributed by atoms with Crippen molar-refractivity contribution in [1.29, 1.82) is 0 Å². The first-order valence-corrected chi connectivity index (χ1v) is 5.11. The Morgan fingerprint density at radius 2 is 1.87 bits per heavy atom. The topological polar surface area (TPSA) is 9.23 Å². The second-order valence-electron chi connectivity index (χ2n) is 3.57. The van der Waals surface area contributed by atoms with Crippen LogP contribution in [-0.2, 0) is 0 Å². The molecular formula is C14H14O. The van der Waals surface area contributed by atoms with Gasteiger partial charge in [0.2, 0.25) is 0 Å². The monoisotopic (exact) mass is 198 g/mol. The van der Waals surface area contributed by atoms with Crippen molar-refractivity contribution in [1.82, 2.24) is 0 Å². The molecule has 1 nitrogen and oxygen atoms in total. The zero-order chi connectivity index (χ0) is 10.5. The minimum atomic E-state index is 0.850. The third-order valence-electron chi connectivity index (χ3n) is 2.22. The number of rotatable bonds is 2. The average molecular weight is 198 g/mol. The third-order valence-corrected chi connectivity index (χ3v) is 2.22. The van der Waals surface area contributed by atoms with Crippen molar-refractivity contribution in [2.24, 2.45) is 0 Å². The van der Waals surface area contributed by atoms with Gasteiger partial charge in [-0.1, -0.05) is 42.0 Å². The number of allylic oxidation sites excluding steroid dienone is 5. The van der Waals surface area contributed by atoms with E-state index in [9.17, 15) is 0 Å². The smallest absolute Gasteiger partial charge is 0.126 e. The highest BCUT2D eigenvalue weighted by molar-refractivity contribution is 5.30. The van der Waals surface area contributed by atoms with E-state index in [4.69, 9.17) is 4.74 Å². The maximum absolute atomic E-state index is 5.75. The van der Waals surface area contributed by atoms with Crippen LogP contribution in [-0.4, -0.2) is 0 Å². The quantitative estimate of drug-likeness (QED) is 0.701. The van der Waals surface area contributed by atoms with Crippen LogP contribution in [0.1, 0.15) is 13.3 Å². The summed E-state index contributed by atoms with van der Waals surface area (Å²) in [6.45, 7) is 2.08. The molecule has 1 aromatic carbocycles. The molecule has 0 spiro atoms. The minimum absolute atomic E-state index is 0.850. The molecule has 1 aromatic rings. The van der Waals surface area contributed by atoms with E-state index < -0.39 is 0 Å². The van der Waals surface area contributed by atoms with E-state index in [0.29, 0.717) is 0 Å². The van der Waals surface area contributed by atoms with Crippen molar-refractivity contribution in [3.63, 3.8) is 0 Å². The summed E-state index contributed by atoms with van der Waals surface area (Å²) in [5, 5.41) is 0. The Kier molecular flexibility index (Phi) is 3.03. The lowest BCUT2D eigenvalue weighted by molar-refractivity contribution is 0.416. The molecule has 2 rings (SSSR count). The Morgan fingerprint density at radius 1 is 1.07 bits per heavy atom. The zero-order valence-corrected chi connectivity index (χ0v) is 8.81. The van der Waals surface area contributed by atoms with Gasteiger partial charge >= 0.3 is 0 Å². The standard InChI is InChI=1S/C14H14O/c1-12-6-5-9-14(11-10-12)15-13-7-3-2-4-8-13/h2-8,10-11H,9H2,1H3. The van der Waals surface area contributed by atoms with Gasteiger partial charge in [-0.25, -0.2) is 0 Å². The molecule has 0 aromatic heterocycles. The number of hydrogen-bond donors (Lipinski definition) is 0. The van der Waals surface area contributed by atoms with E-state index >= 15 is 0 Å². The van der Waals surface area contributed by atoms with Crippen LogP contribution < -0.4 is 4.74 Å². The lowest BCUT2D eigenvalue weighted by atomic mass is 10.3. The normalized spacial score (nSPS) is 15.3. The Morgan fingerprint density at radius 3 is 2.67 bits per heavy atom. The molecule has 1 aliphatic carbocycles. The van der Waals surface area contributed by atoms with E-state index in [1.165, 1.54) is 5.57 Å². The lowest BCUT2D eigenvalue weighted by Crippen LogP contribution is -1.92. The average Bonchev–Trinajstić information content (AvgIpc) is 2.46. The van der Waals surface area contributed by atoms with Crippen LogP contribution in [0.4, 0.5) is 0 Å². The molecule has 1 aliphatic rings. The van der Waals surface area contributed by atoms with Crippen LogP contribution in [0.15, 0.2) is 66.0 Å². The first-order valence-electron chi connectivity index (χ1n) is 5.11. The fourth-order valence-corrected chi connectivity index (χ4v) is 1.42. The summed E-state index contributed by atoms with van der Waals surface area (Å²) in [5.74, 6) is 1.87. The number of hydrogen-bond acceptors (Lipinski definition) is 1. The van der Waals surface area contributed by atoms with Gasteiger partial charge in [0.05, 0.1) is 0 Å². The Balaban J connectivity index is 2.11. The summed E-state index contributed by atoms with van der Waals surface area (Å²) in [6.07, 6.45) is 9.18. The number of para-hydroxylation sites is 1. The summed E-state index contributed by atoms with van der Waals surface area (Å²) in [7, 11) is 0. The van der Waals surface area contributed by atoms with E-state index in [-0.39, 0.29) is 0 Å². The first-order chi connectivity index (χ1) is 7.34. The summed E-state index contributed by atoms with van der Waals surface area (Å²) >= 11 is 0. The first kappa shape index (κ1) is 9.78. The van der Waals surface area contributed by atoms with Crippen molar-refractivity contribution in [2.45, 2.75) is 13.3 Å². The predicted molar refractivity (Wildman–Crippen MR) is 62.7 cm³/mol. The Hall–Kier alpha value is -1.76. The van der Waals surface area contributed by atoms with Gasteiger partial charge in [-0.3, -0.25) is 0 Å². The summed E-state index contributed by atoms with van der Waals surface area (Å²) in [5.41, 5.74) is 1.25. The molecule has 0 saturated carbocycles. The van der Waals surface area contributed by atoms with Crippen molar-refractivity contribution in [3.05, 3.63) is 66.0 Å². The highest BCUT2D eigenvalue weighted by atomic mass is 16.5. The molecule has 0 fully saturated rings. The van der Waals surface area contributed by atoms with Crippen molar-refractivity contribution in [2.75, 3.05) is 0 Å². The van der Waals surface area contributed by atoms with Gasteiger partial charge in [-0.2, -0.15) is 0 Å². The molecule has 76 valence electrons. The van der Waals surface area contributed by atoms with E-state index in [2.05, 4.69) is 25.2 Å². The fourth-order valence-electron chi connectivity index (χ4n) is 1.42. The predicted octanol–water partition coefficient (Wildman–Crippen LogP) is 3.86. The zero-order valence-electron chi connectivity index (χ0n) is 8.81. The fraction of sp³-hybridized carbons (Fsp3) is 0.143. The van der Waals surface area contributed by atoms with E-state index in [1.54, 1.807) is 0 Å². The van der Waals surface area contributed by atoms with Crippen LogP contribution >= 0.6 is 0 Å². The molecule has 0 radical (unpaired) electrons. The third kappa shape index (κ3) is 2.84. The molecule has 0 unspecified atom stereocenters. The van der Waals surface area contributed by atoms with Crippen LogP contribution in [0.3, 0.4) is 0 Å². The van der Waals surface area contributed by atoms with E-state index in [1.807, 2.05) is 36.4 Å². The van der Waals surface area contributed by atoms with Crippen LogP contribution in [0.2, 0.25) is 0 Å². The SMILES string of the molecule is CC1=CC=C(Oc2ccccc2)CC=C1. The second kappa shape index (κ2) is 4.65. The summed E-state index contributed by atoms with van der Waals surface area (Å²) < 4.78 is 5.75. The number of ether oxygens (including phenoxy) is 1. The van der Waals surface area contributed by atoms with Crippen molar-refractivity contribution >= 4 is 0 Å². The summed E-state index contributed by atoms with van der Waals surface area (Å²) in [6, 6.07) is 9.86. The molecule has 0 atom stereocenters. The van der Waals surface area contributed by atoms with Gasteiger partial charge in [0.15, 0.2) is 0 Å². The molecule has 15 heavy (non-hydrogen) atoms. The van der Waals surface area contributed by atoms with Gasteiger partial charge in [0.1, 0.15) is 11.5 Å². The summed E-state index contributed by atoms with van der Waals surface area (Å²) in [4.78, 5) is 0. The van der Waals surface area contributed by atoms with Gasteiger partial charge < -0.3 is 4.74 Å². The number of benzene rings is 1.